The third kappa shape index (κ3) is 6.95. The van der Waals surface area contributed by atoms with Crippen LogP contribution < -0.4 is 10.1 Å². The molecule has 1 saturated carbocycles. The summed E-state index contributed by atoms with van der Waals surface area (Å²) in [7, 11) is 0. The molecule has 1 fully saturated rings. The molecule has 1 aliphatic rings. The maximum Gasteiger partial charge on any atom is 0.261 e. The van der Waals surface area contributed by atoms with Gasteiger partial charge in [0.25, 0.3) is 5.91 Å². The number of nitrogens with zero attached hydrogens (tertiary/aromatic N) is 1. The first-order valence-corrected chi connectivity index (χ1v) is 11.6. The van der Waals surface area contributed by atoms with Crippen molar-refractivity contribution in [1.82, 2.24) is 10.2 Å². The van der Waals surface area contributed by atoms with E-state index in [2.05, 4.69) is 5.32 Å². The molecule has 32 heavy (non-hydrogen) atoms. The second-order valence-electron chi connectivity index (χ2n) is 8.16. The van der Waals surface area contributed by atoms with Gasteiger partial charge in [-0.1, -0.05) is 49.9 Å². The third-order valence-corrected chi connectivity index (χ3v) is 6.03. The van der Waals surface area contributed by atoms with E-state index in [1.54, 1.807) is 36.4 Å². The first-order valence-electron chi connectivity index (χ1n) is 11.2. The minimum atomic E-state index is -0.636. The SMILES string of the molecule is CCC(C(=O)NC1CCCCC1)N(Cc1ccc(F)cc1)C(=O)COc1ccc(Cl)cc1. The first kappa shape index (κ1) is 24.1. The zero-order valence-electron chi connectivity index (χ0n) is 18.4. The van der Waals surface area contributed by atoms with Crippen LogP contribution in [-0.2, 0) is 16.1 Å². The van der Waals surface area contributed by atoms with Crippen LogP contribution in [0, 0.1) is 5.82 Å². The van der Waals surface area contributed by atoms with Crippen LogP contribution in [-0.4, -0.2) is 35.4 Å². The highest BCUT2D eigenvalue weighted by atomic mass is 35.5. The Kier molecular flexibility index (Phi) is 8.91. The lowest BCUT2D eigenvalue weighted by Crippen LogP contribution is -2.52. The summed E-state index contributed by atoms with van der Waals surface area (Å²) < 4.78 is 19.0. The summed E-state index contributed by atoms with van der Waals surface area (Å²) in [5.41, 5.74) is 0.746. The van der Waals surface area contributed by atoms with Crippen LogP contribution in [0.1, 0.15) is 51.0 Å². The van der Waals surface area contributed by atoms with Crippen LogP contribution in [0.15, 0.2) is 48.5 Å². The normalized spacial score (nSPS) is 15.1. The zero-order valence-corrected chi connectivity index (χ0v) is 19.1. The Morgan fingerprint density at radius 3 is 2.38 bits per heavy atom. The van der Waals surface area contributed by atoms with Crippen molar-refractivity contribution in [1.29, 1.82) is 0 Å². The standard InChI is InChI=1S/C25H30ClFN2O3/c1-2-23(25(31)28-21-6-4-3-5-7-21)29(16-18-8-12-20(27)13-9-18)24(30)17-32-22-14-10-19(26)11-15-22/h8-15,21,23H,2-7,16-17H2,1H3,(H,28,31). The summed E-state index contributed by atoms with van der Waals surface area (Å²) in [6.07, 6.45) is 5.80. The molecule has 172 valence electrons. The van der Waals surface area contributed by atoms with E-state index < -0.39 is 6.04 Å². The van der Waals surface area contributed by atoms with Crippen molar-refractivity contribution in [3.05, 3.63) is 64.9 Å². The molecule has 0 saturated heterocycles. The number of nitrogens with one attached hydrogen (secondary N) is 1. The molecule has 2 aromatic carbocycles. The highest BCUT2D eigenvalue weighted by Gasteiger charge is 2.30. The van der Waals surface area contributed by atoms with E-state index in [4.69, 9.17) is 16.3 Å². The number of halogens is 2. The van der Waals surface area contributed by atoms with Gasteiger partial charge in [-0.2, -0.15) is 0 Å². The van der Waals surface area contributed by atoms with Gasteiger partial charge in [-0.05, 0) is 61.2 Å². The largest absolute Gasteiger partial charge is 0.484 e. The van der Waals surface area contributed by atoms with Crippen LogP contribution in [0.4, 0.5) is 4.39 Å². The van der Waals surface area contributed by atoms with Crippen molar-refractivity contribution in [3.63, 3.8) is 0 Å². The van der Waals surface area contributed by atoms with Gasteiger partial charge in [0.05, 0.1) is 0 Å². The van der Waals surface area contributed by atoms with Crippen LogP contribution in [0.25, 0.3) is 0 Å². The Labute approximate surface area is 193 Å². The summed E-state index contributed by atoms with van der Waals surface area (Å²) in [5.74, 6) is -0.291. The summed E-state index contributed by atoms with van der Waals surface area (Å²) in [5, 5.41) is 3.71. The molecule has 0 spiro atoms. The molecule has 1 aliphatic carbocycles. The average molecular weight is 461 g/mol. The number of hydrogen-bond acceptors (Lipinski definition) is 3. The van der Waals surface area contributed by atoms with E-state index in [9.17, 15) is 14.0 Å². The average Bonchev–Trinajstić information content (AvgIpc) is 2.80. The molecular formula is C25H30ClFN2O3. The number of rotatable bonds is 9. The molecule has 3 rings (SSSR count). The molecular weight excluding hydrogens is 431 g/mol. The van der Waals surface area contributed by atoms with E-state index in [-0.39, 0.29) is 36.8 Å². The molecule has 2 aromatic rings. The third-order valence-electron chi connectivity index (χ3n) is 5.78. The predicted octanol–water partition coefficient (Wildman–Crippen LogP) is 5.11. The molecule has 0 aromatic heterocycles. The van der Waals surface area contributed by atoms with Gasteiger partial charge in [0.1, 0.15) is 17.6 Å². The maximum absolute atomic E-state index is 13.4. The van der Waals surface area contributed by atoms with E-state index in [1.165, 1.54) is 23.5 Å². The number of carbonyl (C=O) groups is 2. The Hall–Kier alpha value is -2.60. The van der Waals surface area contributed by atoms with Crippen molar-refractivity contribution in [2.45, 2.75) is 64.1 Å². The minimum absolute atomic E-state index is 0.151. The second-order valence-corrected chi connectivity index (χ2v) is 8.59. The van der Waals surface area contributed by atoms with Crippen molar-refractivity contribution in [3.8, 4) is 5.75 Å². The number of ether oxygens (including phenoxy) is 1. The molecule has 1 unspecified atom stereocenters. The molecule has 0 radical (unpaired) electrons. The summed E-state index contributed by atoms with van der Waals surface area (Å²) >= 11 is 5.90. The monoisotopic (exact) mass is 460 g/mol. The van der Waals surface area contributed by atoms with Gasteiger partial charge in [0, 0.05) is 17.6 Å². The maximum atomic E-state index is 13.4. The van der Waals surface area contributed by atoms with Crippen molar-refractivity contribution < 1.29 is 18.7 Å². The molecule has 2 amide bonds. The molecule has 0 bridgehead atoms. The predicted molar refractivity (Wildman–Crippen MR) is 123 cm³/mol. The molecule has 0 heterocycles. The number of benzene rings is 2. The topological polar surface area (TPSA) is 58.6 Å². The quantitative estimate of drug-likeness (QED) is 0.565. The highest BCUT2D eigenvalue weighted by Crippen LogP contribution is 2.20. The molecule has 1 N–H and O–H groups in total. The number of carbonyl (C=O) groups excluding carboxylic acids is 2. The summed E-state index contributed by atoms with van der Waals surface area (Å²) in [6.45, 7) is 1.87. The fourth-order valence-corrected chi connectivity index (χ4v) is 4.14. The van der Waals surface area contributed by atoms with Gasteiger partial charge in [0.2, 0.25) is 5.91 Å². The summed E-state index contributed by atoms with van der Waals surface area (Å²) in [4.78, 5) is 27.8. The van der Waals surface area contributed by atoms with Crippen LogP contribution in [0.2, 0.25) is 5.02 Å². The highest BCUT2D eigenvalue weighted by molar-refractivity contribution is 6.30. The zero-order chi connectivity index (χ0) is 22.9. The van der Waals surface area contributed by atoms with Crippen LogP contribution >= 0.6 is 11.6 Å². The summed E-state index contributed by atoms with van der Waals surface area (Å²) in [6, 6.07) is 12.2. The molecule has 0 aliphatic heterocycles. The van der Waals surface area contributed by atoms with E-state index >= 15 is 0 Å². The van der Waals surface area contributed by atoms with Gasteiger partial charge in [-0.15, -0.1) is 0 Å². The van der Waals surface area contributed by atoms with Gasteiger partial charge in [-0.3, -0.25) is 9.59 Å². The minimum Gasteiger partial charge on any atom is -0.484 e. The lowest BCUT2D eigenvalue weighted by molar-refractivity contribution is -0.143. The van der Waals surface area contributed by atoms with Gasteiger partial charge < -0.3 is 15.0 Å². The van der Waals surface area contributed by atoms with Crippen molar-refractivity contribution >= 4 is 23.4 Å². The van der Waals surface area contributed by atoms with Gasteiger partial charge in [-0.25, -0.2) is 4.39 Å². The fourth-order valence-electron chi connectivity index (χ4n) is 4.01. The Morgan fingerprint density at radius 1 is 1.09 bits per heavy atom. The molecule has 7 heteroatoms. The Bertz CT molecular complexity index is 883. The lowest BCUT2D eigenvalue weighted by Gasteiger charge is -2.32. The molecule has 1 atom stereocenters. The van der Waals surface area contributed by atoms with E-state index in [0.29, 0.717) is 17.2 Å². The Balaban J connectivity index is 1.73. The number of amides is 2. The second kappa shape index (κ2) is 11.9. The van der Waals surface area contributed by atoms with Crippen molar-refractivity contribution in [2.75, 3.05) is 6.61 Å². The van der Waals surface area contributed by atoms with Gasteiger partial charge >= 0.3 is 0 Å². The lowest BCUT2D eigenvalue weighted by atomic mass is 9.95. The van der Waals surface area contributed by atoms with E-state index in [1.807, 2.05) is 6.92 Å². The molecule has 5 nitrogen and oxygen atoms in total. The fraction of sp³-hybridized carbons (Fsp3) is 0.440. The van der Waals surface area contributed by atoms with Crippen LogP contribution in [0.3, 0.4) is 0 Å². The number of hydrogen-bond donors (Lipinski definition) is 1. The van der Waals surface area contributed by atoms with Crippen molar-refractivity contribution in [2.24, 2.45) is 0 Å². The Morgan fingerprint density at radius 2 is 1.75 bits per heavy atom. The van der Waals surface area contributed by atoms with Gasteiger partial charge in [0.15, 0.2) is 6.61 Å². The smallest absolute Gasteiger partial charge is 0.261 e. The first-order chi connectivity index (χ1) is 15.5. The van der Waals surface area contributed by atoms with E-state index in [0.717, 1.165) is 31.2 Å². The van der Waals surface area contributed by atoms with Crippen LogP contribution in [0.5, 0.6) is 5.75 Å².